The van der Waals surface area contributed by atoms with Gasteiger partial charge in [0.2, 0.25) is 0 Å². The van der Waals surface area contributed by atoms with Crippen LogP contribution < -0.4 is 4.90 Å². The van der Waals surface area contributed by atoms with E-state index in [4.69, 9.17) is 16.3 Å². The van der Waals surface area contributed by atoms with E-state index in [1.807, 2.05) is 55.8 Å². The van der Waals surface area contributed by atoms with Crippen molar-refractivity contribution in [1.82, 2.24) is 19.4 Å². The summed E-state index contributed by atoms with van der Waals surface area (Å²) >= 11 is 8.51. The zero-order valence-electron chi connectivity index (χ0n) is 17.1. The Balaban J connectivity index is 1.60. The molecule has 0 bridgehead atoms. The molecular weight excluding hydrogens is 517 g/mol. The summed E-state index contributed by atoms with van der Waals surface area (Å²) in [4.78, 5) is 25.4. The molecule has 1 saturated heterocycles. The van der Waals surface area contributed by atoms with Crippen molar-refractivity contribution in [2.24, 2.45) is 0 Å². The molecule has 2 aromatic heterocycles. The van der Waals surface area contributed by atoms with Crippen LogP contribution in [0.15, 0.2) is 36.8 Å². The summed E-state index contributed by atoms with van der Waals surface area (Å²) in [5, 5.41) is 1.68. The molecule has 158 valence electrons. The first-order chi connectivity index (χ1) is 14.2. The quantitative estimate of drug-likeness (QED) is 0.441. The van der Waals surface area contributed by atoms with Gasteiger partial charge in [0.15, 0.2) is 5.65 Å². The zero-order valence-corrected chi connectivity index (χ0v) is 20.0. The average molecular weight is 540 g/mol. The molecule has 0 N–H and O–H groups in total. The number of fused-ring (bicyclic) bond motifs is 1. The fraction of sp³-hybridized carbons (Fsp3) is 0.381. The average Bonchev–Trinajstić information content (AvgIpc) is 3.04. The summed E-state index contributed by atoms with van der Waals surface area (Å²) in [6, 6.07) is 7.70. The second kappa shape index (κ2) is 8.22. The van der Waals surface area contributed by atoms with Crippen molar-refractivity contribution in [2.45, 2.75) is 26.4 Å². The SMILES string of the molecule is CC(C)(C)OC(=O)N1CCN(c2ncnc3c2c(I)cn3-c2cccc(Cl)c2)CC1. The maximum atomic E-state index is 12.4. The number of benzene rings is 1. The van der Waals surface area contributed by atoms with Gasteiger partial charge in [0.05, 0.1) is 5.39 Å². The Labute approximate surface area is 194 Å². The third kappa shape index (κ3) is 4.34. The van der Waals surface area contributed by atoms with Gasteiger partial charge in [0.25, 0.3) is 0 Å². The number of nitrogens with zero attached hydrogens (tertiary/aromatic N) is 5. The number of rotatable bonds is 2. The smallest absolute Gasteiger partial charge is 0.410 e. The molecule has 3 heterocycles. The van der Waals surface area contributed by atoms with Crippen molar-refractivity contribution >= 4 is 57.1 Å². The molecular formula is C21H23ClIN5O2. The van der Waals surface area contributed by atoms with Crippen LogP contribution >= 0.6 is 34.2 Å². The Hall–Kier alpha value is -2.07. The van der Waals surface area contributed by atoms with Crippen LogP contribution in [0.2, 0.25) is 5.02 Å². The predicted octanol–water partition coefficient (Wildman–Crippen LogP) is 4.74. The second-order valence-corrected chi connectivity index (χ2v) is 9.78. The minimum Gasteiger partial charge on any atom is -0.444 e. The Morgan fingerprint density at radius 2 is 1.90 bits per heavy atom. The van der Waals surface area contributed by atoms with Gasteiger partial charge in [-0.15, -0.1) is 0 Å². The third-order valence-corrected chi connectivity index (χ3v) is 5.89. The molecule has 0 unspecified atom stereocenters. The zero-order chi connectivity index (χ0) is 21.5. The molecule has 1 amide bonds. The van der Waals surface area contributed by atoms with Crippen LogP contribution in [0.25, 0.3) is 16.7 Å². The number of anilines is 1. The predicted molar refractivity (Wildman–Crippen MR) is 127 cm³/mol. The van der Waals surface area contributed by atoms with Crippen molar-refractivity contribution in [1.29, 1.82) is 0 Å². The summed E-state index contributed by atoms with van der Waals surface area (Å²) in [6.45, 7) is 8.19. The molecule has 0 saturated carbocycles. The number of carbonyl (C=O) groups is 1. The lowest BCUT2D eigenvalue weighted by molar-refractivity contribution is 0.0240. The molecule has 9 heteroatoms. The van der Waals surface area contributed by atoms with Gasteiger partial charge < -0.3 is 19.1 Å². The highest BCUT2D eigenvalue weighted by molar-refractivity contribution is 14.1. The number of aromatic nitrogens is 3. The van der Waals surface area contributed by atoms with Gasteiger partial charge >= 0.3 is 6.09 Å². The fourth-order valence-electron chi connectivity index (χ4n) is 3.49. The molecule has 1 aliphatic heterocycles. The number of halogens is 2. The summed E-state index contributed by atoms with van der Waals surface area (Å²) in [5.41, 5.74) is 1.29. The van der Waals surface area contributed by atoms with Crippen molar-refractivity contribution in [3.05, 3.63) is 45.4 Å². The van der Waals surface area contributed by atoms with Gasteiger partial charge in [-0.3, -0.25) is 0 Å². The first-order valence-corrected chi connectivity index (χ1v) is 11.2. The largest absolute Gasteiger partial charge is 0.444 e. The fourth-order valence-corrected chi connectivity index (χ4v) is 4.44. The van der Waals surface area contributed by atoms with Crippen LogP contribution in [-0.2, 0) is 4.74 Å². The number of carbonyl (C=O) groups excluding carboxylic acids is 1. The lowest BCUT2D eigenvalue weighted by atomic mass is 10.2. The normalized spacial score (nSPS) is 15.0. The van der Waals surface area contributed by atoms with E-state index in [9.17, 15) is 4.79 Å². The van der Waals surface area contributed by atoms with Gasteiger partial charge in [-0.05, 0) is 61.6 Å². The summed E-state index contributed by atoms with van der Waals surface area (Å²) < 4.78 is 8.59. The molecule has 4 rings (SSSR count). The van der Waals surface area contributed by atoms with Crippen molar-refractivity contribution in [3.8, 4) is 5.69 Å². The minimum absolute atomic E-state index is 0.267. The minimum atomic E-state index is -0.494. The highest BCUT2D eigenvalue weighted by Crippen LogP contribution is 2.32. The summed E-state index contributed by atoms with van der Waals surface area (Å²) in [5.74, 6) is 0.883. The van der Waals surface area contributed by atoms with Crippen molar-refractivity contribution in [2.75, 3.05) is 31.1 Å². The standard InChI is InChI=1S/C21H23ClIN5O2/c1-21(2,3)30-20(29)27-9-7-26(8-10-27)18-17-16(23)12-28(19(17)25-13-24-18)15-6-4-5-14(22)11-15/h4-6,11-13H,7-10H2,1-3H3. The van der Waals surface area contributed by atoms with E-state index < -0.39 is 5.60 Å². The highest BCUT2D eigenvalue weighted by Gasteiger charge is 2.28. The van der Waals surface area contributed by atoms with Gasteiger partial charge in [-0.1, -0.05) is 17.7 Å². The number of amides is 1. The Kier molecular flexibility index (Phi) is 5.80. The van der Waals surface area contributed by atoms with Crippen LogP contribution in [0.1, 0.15) is 20.8 Å². The lowest BCUT2D eigenvalue weighted by Gasteiger charge is -2.36. The molecule has 0 aliphatic carbocycles. The van der Waals surface area contributed by atoms with E-state index in [-0.39, 0.29) is 6.09 Å². The Bertz CT molecular complexity index is 1090. The summed E-state index contributed by atoms with van der Waals surface area (Å²) in [7, 11) is 0. The van der Waals surface area contributed by atoms with Crippen LogP contribution in [0.5, 0.6) is 0 Å². The third-order valence-electron chi connectivity index (χ3n) is 4.83. The molecule has 0 radical (unpaired) electrons. The number of hydrogen-bond acceptors (Lipinski definition) is 5. The van der Waals surface area contributed by atoms with Gasteiger partial charge in [0.1, 0.15) is 17.7 Å². The molecule has 0 atom stereocenters. The van der Waals surface area contributed by atoms with Crippen molar-refractivity contribution in [3.63, 3.8) is 0 Å². The van der Waals surface area contributed by atoms with E-state index in [1.165, 1.54) is 0 Å². The number of hydrogen-bond donors (Lipinski definition) is 0. The molecule has 30 heavy (non-hydrogen) atoms. The van der Waals surface area contributed by atoms with Crippen molar-refractivity contribution < 1.29 is 9.53 Å². The van der Waals surface area contributed by atoms with Crippen LogP contribution in [0, 0.1) is 3.57 Å². The molecule has 1 aromatic carbocycles. The van der Waals surface area contributed by atoms with Gasteiger partial charge in [-0.2, -0.15) is 0 Å². The van der Waals surface area contributed by atoms with Crippen LogP contribution in [0.3, 0.4) is 0 Å². The lowest BCUT2D eigenvalue weighted by Crippen LogP contribution is -2.50. The monoisotopic (exact) mass is 539 g/mol. The van der Waals surface area contributed by atoms with E-state index in [0.717, 1.165) is 26.1 Å². The van der Waals surface area contributed by atoms with E-state index in [1.54, 1.807) is 11.2 Å². The second-order valence-electron chi connectivity index (χ2n) is 8.18. The Morgan fingerprint density at radius 3 is 2.57 bits per heavy atom. The molecule has 1 aliphatic rings. The van der Waals surface area contributed by atoms with E-state index in [2.05, 4.69) is 37.5 Å². The maximum Gasteiger partial charge on any atom is 0.410 e. The molecule has 1 fully saturated rings. The Morgan fingerprint density at radius 1 is 1.17 bits per heavy atom. The molecule has 7 nitrogen and oxygen atoms in total. The van der Waals surface area contributed by atoms with Crippen LogP contribution in [-0.4, -0.2) is 57.3 Å². The maximum absolute atomic E-state index is 12.4. The molecule has 0 spiro atoms. The topological polar surface area (TPSA) is 63.5 Å². The van der Waals surface area contributed by atoms with E-state index >= 15 is 0 Å². The molecule has 3 aromatic rings. The summed E-state index contributed by atoms with van der Waals surface area (Å²) in [6.07, 6.45) is 3.37. The van der Waals surface area contributed by atoms with Crippen LogP contribution in [0.4, 0.5) is 10.6 Å². The number of ether oxygens (including phenoxy) is 1. The van der Waals surface area contributed by atoms with E-state index in [0.29, 0.717) is 31.2 Å². The first-order valence-electron chi connectivity index (χ1n) is 9.73. The van der Waals surface area contributed by atoms with Gasteiger partial charge in [0, 0.05) is 46.7 Å². The highest BCUT2D eigenvalue weighted by atomic mass is 127. The number of piperazine rings is 1. The van der Waals surface area contributed by atoms with Gasteiger partial charge in [-0.25, -0.2) is 14.8 Å². The first kappa shape index (κ1) is 21.2.